The zero-order valence-corrected chi connectivity index (χ0v) is 19.8. The summed E-state index contributed by atoms with van der Waals surface area (Å²) in [6.07, 6.45) is 0. The lowest BCUT2D eigenvalue weighted by Crippen LogP contribution is -2.49. The first-order valence-electron chi connectivity index (χ1n) is 11.3. The number of rotatable bonds is 6. The second kappa shape index (κ2) is 10.2. The lowest BCUT2D eigenvalue weighted by molar-refractivity contribution is 0.0602. The molecule has 1 aromatic heterocycles. The summed E-state index contributed by atoms with van der Waals surface area (Å²) in [4.78, 5) is 18.4. The predicted octanol–water partition coefficient (Wildman–Crippen LogP) is 4.76. The number of hydrogen-bond acceptors (Lipinski definition) is 6. The quantitative estimate of drug-likeness (QED) is 0.407. The second-order valence-electron chi connectivity index (χ2n) is 8.23. The molecule has 1 aliphatic rings. The van der Waals surface area contributed by atoms with Crippen molar-refractivity contribution >= 4 is 17.4 Å². The van der Waals surface area contributed by atoms with Gasteiger partial charge in [-0.15, -0.1) is 5.10 Å². The normalized spacial score (nSPS) is 14.4. The topological polar surface area (TPSA) is 58.6 Å². The van der Waals surface area contributed by atoms with Crippen LogP contribution in [0.5, 0.6) is 5.75 Å². The first-order valence-corrected chi connectivity index (χ1v) is 12.1. The summed E-state index contributed by atoms with van der Waals surface area (Å²) in [6, 6.07) is 28.9. The lowest BCUT2D eigenvalue weighted by atomic mass is 9.96. The van der Waals surface area contributed by atoms with E-state index < -0.39 is 0 Å². The molecule has 6 nitrogen and oxygen atoms in total. The number of amides is 1. The third-order valence-electron chi connectivity index (χ3n) is 6.24. The van der Waals surface area contributed by atoms with Gasteiger partial charge in [0.2, 0.25) is 0 Å². The Kier molecular flexibility index (Phi) is 6.65. The average molecular weight is 471 g/mol. The number of hydrogen-bond donors (Lipinski definition) is 0. The van der Waals surface area contributed by atoms with Crippen LogP contribution in [0.3, 0.4) is 0 Å². The van der Waals surface area contributed by atoms with E-state index in [4.69, 9.17) is 4.74 Å². The van der Waals surface area contributed by atoms with Crippen molar-refractivity contribution in [3.05, 3.63) is 101 Å². The molecule has 1 fully saturated rings. The van der Waals surface area contributed by atoms with Crippen molar-refractivity contribution in [3.8, 4) is 17.0 Å². The van der Waals surface area contributed by atoms with Crippen LogP contribution in [0, 0.1) is 0 Å². The van der Waals surface area contributed by atoms with Crippen molar-refractivity contribution in [1.29, 1.82) is 0 Å². The Morgan fingerprint density at radius 2 is 1.44 bits per heavy atom. The molecule has 1 amide bonds. The van der Waals surface area contributed by atoms with E-state index in [1.165, 1.54) is 11.1 Å². The highest BCUT2D eigenvalue weighted by Crippen LogP contribution is 2.31. The summed E-state index contributed by atoms with van der Waals surface area (Å²) in [5, 5.41) is 4.25. The Balaban J connectivity index is 1.32. The maximum absolute atomic E-state index is 13.4. The number of benzene rings is 3. The largest absolute Gasteiger partial charge is 0.497 e. The Morgan fingerprint density at radius 1 is 0.853 bits per heavy atom. The fraction of sp³-hybridized carbons (Fsp3) is 0.222. The molecule has 5 rings (SSSR count). The Hall–Kier alpha value is -3.55. The molecule has 0 aliphatic carbocycles. The van der Waals surface area contributed by atoms with E-state index in [1.54, 1.807) is 7.11 Å². The minimum absolute atomic E-state index is 0.00330. The summed E-state index contributed by atoms with van der Waals surface area (Å²) < 4.78 is 9.32. The molecule has 0 saturated carbocycles. The molecule has 0 atom stereocenters. The SMILES string of the molecule is COc1ccc(-c2nnsc2C(=O)N2CCN(C(c3ccccc3)c3ccccc3)CC2)cc1. The van der Waals surface area contributed by atoms with Crippen molar-refractivity contribution in [2.24, 2.45) is 0 Å². The molecular formula is C27H26N4O2S. The van der Waals surface area contributed by atoms with Gasteiger partial charge in [0.05, 0.1) is 13.2 Å². The number of carbonyl (C=O) groups is 1. The number of ether oxygens (including phenoxy) is 1. The van der Waals surface area contributed by atoms with Gasteiger partial charge in [0, 0.05) is 31.7 Å². The van der Waals surface area contributed by atoms with Crippen LogP contribution in [0.4, 0.5) is 0 Å². The standard InChI is InChI=1S/C27H26N4O2S/c1-33-23-14-12-20(13-15-23)24-26(34-29-28-24)27(32)31-18-16-30(17-19-31)25(21-8-4-2-5-9-21)22-10-6-3-7-11-22/h2-15,25H,16-19H2,1H3. The van der Waals surface area contributed by atoms with Crippen molar-refractivity contribution in [2.75, 3.05) is 33.3 Å². The fourth-order valence-corrected chi connectivity index (χ4v) is 5.14. The van der Waals surface area contributed by atoms with E-state index in [1.807, 2.05) is 41.3 Å². The number of aromatic nitrogens is 2. The van der Waals surface area contributed by atoms with Crippen LogP contribution >= 0.6 is 11.5 Å². The smallest absolute Gasteiger partial charge is 0.267 e. The molecule has 1 aliphatic heterocycles. The van der Waals surface area contributed by atoms with E-state index in [2.05, 4.69) is 63.0 Å². The van der Waals surface area contributed by atoms with Gasteiger partial charge in [-0.3, -0.25) is 9.69 Å². The van der Waals surface area contributed by atoms with E-state index in [0.717, 1.165) is 35.9 Å². The van der Waals surface area contributed by atoms with Crippen LogP contribution in [0.15, 0.2) is 84.9 Å². The highest BCUT2D eigenvalue weighted by atomic mass is 32.1. The molecule has 3 aromatic carbocycles. The van der Waals surface area contributed by atoms with Gasteiger partial charge in [-0.25, -0.2) is 0 Å². The third kappa shape index (κ3) is 4.58. The first kappa shape index (κ1) is 22.3. The summed E-state index contributed by atoms with van der Waals surface area (Å²) >= 11 is 1.16. The third-order valence-corrected chi connectivity index (χ3v) is 6.96. The molecule has 1 saturated heterocycles. The molecule has 0 spiro atoms. The van der Waals surface area contributed by atoms with Crippen molar-refractivity contribution < 1.29 is 9.53 Å². The van der Waals surface area contributed by atoms with Crippen molar-refractivity contribution in [3.63, 3.8) is 0 Å². The molecule has 7 heteroatoms. The number of piperazine rings is 1. The van der Waals surface area contributed by atoms with Gasteiger partial charge in [0.25, 0.3) is 5.91 Å². The van der Waals surface area contributed by atoms with Gasteiger partial charge in [-0.05, 0) is 46.9 Å². The molecule has 4 aromatic rings. The number of nitrogens with zero attached hydrogens (tertiary/aromatic N) is 4. The highest BCUT2D eigenvalue weighted by molar-refractivity contribution is 7.08. The summed E-state index contributed by atoms with van der Waals surface area (Å²) in [6.45, 7) is 2.92. The summed E-state index contributed by atoms with van der Waals surface area (Å²) in [7, 11) is 1.63. The summed E-state index contributed by atoms with van der Waals surface area (Å²) in [5.74, 6) is 0.763. The van der Waals surface area contributed by atoms with Gasteiger partial charge >= 0.3 is 0 Å². The molecule has 0 bridgehead atoms. The van der Waals surface area contributed by atoms with Crippen molar-refractivity contribution in [1.82, 2.24) is 19.4 Å². The minimum atomic E-state index is -0.00330. The van der Waals surface area contributed by atoms with Gasteiger partial charge in [0.15, 0.2) is 0 Å². The van der Waals surface area contributed by atoms with E-state index in [0.29, 0.717) is 23.7 Å². The zero-order chi connectivity index (χ0) is 23.3. The maximum Gasteiger partial charge on any atom is 0.267 e. The van der Waals surface area contributed by atoms with Crippen LogP contribution < -0.4 is 4.74 Å². The molecule has 2 heterocycles. The van der Waals surface area contributed by atoms with Crippen LogP contribution in [0.1, 0.15) is 26.8 Å². The number of methoxy groups -OCH3 is 1. The molecule has 0 N–H and O–H groups in total. The predicted molar refractivity (Wildman–Crippen MR) is 134 cm³/mol. The fourth-order valence-electron chi connectivity index (χ4n) is 4.48. The van der Waals surface area contributed by atoms with Crippen molar-refractivity contribution in [2.45, 2.75) is 6.04 Å². The Labute approximate surface area is 203 Å². The van der Waals surface area contributed by atoms with Gasteiger partial charge in [0.1, 0.15) is 16.3 Å². The van der Waals surface area contributed by atoms with Gasteiger partial charge in [-0.1, -0.05) is 65.2 Å². The second-order valence-corrected chi connectivity index (χ2v) is 8.99. The number of carbonyl (C=O) groups excluding carboxylic acids is 1. The average Bonchev–Trinajstić information content (AvgIpc) is 3.40. The van der Waals surface area contributed by atoms with Crippen LogP contribution in [-0.4, -0.2) is 58.6 Å². The lowest BCUT2D eigenvalue weighted by Gasteiger charge is -2.39. The molecular weight excluding hydrogens is 444 g/mol. The van der Waals surface area contributed by atoms with Gasteiger partial charge < -0.3 is 9.64 Å². The maximum atomic E-state index is 13.4. The van der Waals surface area contributed by atoms with Gasteiger partial charge in [-0.2, -0.15) is 0 Å². The zero-order valence-electron chi connectivity index (χ0n) is 19.0. The summed E-state index contributed by atoms with van der Waals surface area (Å²) in [5.41, 5.74) is 4.03. The monoisotopic (exact) mass is 470 g/mol. The molecule has 0 unspecified atom stereocenters. The molecule has 172 valence electrons. The Morgan fingerprint density at radius 3 is 2.00 bits per heavy atom. The van der Waals surface area contributed by atoms with E-state index in [-0.39, 0.29) is 11.9 Å². The first-order chi connectivity index (χ1) is 16.7. The van der Waals surface area contributed by atoms with Crippen LogP contribution in [0.25, 0.3) is 11.3 Å². The van der Waals surface area contributed by atoms with Crippen LogP contribution in [0.2, 0.25) is 0 Å². The van der Waals surface area contributed by atoms with Crippen LogP contribution in [-0.2, 0) is 0 Å². The van der Waals surface area contributed by atoms with E-state index >= 15 is 0 Å². The minimum Gasteiger partial charge on any atom is -0.497 e. The molecule has 34 heavy (non-hydrogen) atoms. The Bertz CT molecular complexity index is 1180. The highest BCUT2D eigenvalue weighted by Gasteiger charge is 2.30. The van der Waals surface area contributed by atoms with E-state index in [9.17, 15) is 4.79 Å². The molecule has 0 radical (unpaired) electrons.